The number of benzene rings is 2. The van der Waals surface area contributed by atoms with Crippen molar-refractivity contribution in [2.24, 2.45) is 17.8 Å². The first-order chi connectivity index (χ1) is 16.5. The van der Waals surface area contributed by atoms with Crippen LogP contribution in [-0.2, 0) is 14.3 Å². The van der Waals surface area contributed by atoms with Crippen molar-refractivity contribution in [2.75, 3.05) is 13.2 Å². The summed E-state index contributed by atoms with van der Waals surface area (Å²) < 4.78 is 5.57. The van der Waals surface area contributed by atoms with Crippen molar-refractivity contribution in [2.45, 2.75) is 44.1 Å². The van der Waals surface area contributed by atoms with Gasteiger partial charge in [-0.15, -0.1) is 0 Å². The Morgan fingerprint density at radius 3 is 2.15 bits per heavy atom. The largest absolute Gasteiger partial charge is 0.480 e. The Bertz CT molecular complexity index is 1040. The normalized spacial score (nSPS) is 21.5. The molecule has 7 nitrogen and oxygen atoms in total. The second-order valence-electron chi connectivity index (χ2n) is 9.83. The van der Waals surface area contributed by atoms with E-state index in [1.54, 1.807) is 0 Å². The minimum Gasteiger partial charge on any atom is -0.480 e. The molecule has 0 spiro atoms. The van der Waals surface area contributed by atoms with Gasteiger partial charge in [0, 0.05) is 18.9 Å². The second kappa shape index (κ2) is 9.49. The summed E-state index contributed by atoms with van der Waals surface area (Å²) in [5.74, 6) is -0.464. The summed E-state index contributed by atoms with van der Waals surface area (Å²) in [5.41, 5.74) is 4.76. The molecule has 2 aromatic carbocycles. The summed E-state index contributed by atoms with van der Waals surface area (Å²) in [5, 5.41) is 14.8. The van der Waals surface area contributed by atoms with Crippen molar-refractivity contribution >= 4 is 18.0 Å². The molecule has 178 valence electrons. The van der Waals surface area contributed by atoms with Gasteiger partial charge in [-0.2, -0.15) is 0 Å². The van der Waals surface area contributed by atoms with Crippen molar-refractivity contribution in [3.63, 3.8) is 0 Å². The average Bonchev–Trinajstić information content (AvgIpc) is 3.59. The fourth-order valence-corrected chi connectivity index (χ4v) is 5.39. The number of aliphatic carboxylic acids is 1. The highest BCUT2D eigenvalue weighted by atomic mass is 16.5. The fourth-order valence-electron chi connectivity index (χ4n) is 5.39. The molecule has 34 heavy (non-hydrogen) atoms. The van der Waals surface area contributed by atoms with E-state index in [1.807, 2.05) is 24.3 Å². The van der Waals surface area contributed by atoms with Gasteiger partial charge in [0.05, 0.1) is 0 Å². The minimum absolute atomic E-state index is 0.0370. The number of alkyl carbamates (subject to hydrolysis) is 1. The van der Waals surface area contributed by atoms with Crippen molar-refractivity contribution in [3.05, 3.63) is 59.7 Å². The SMILES string of the molecule is O=C(CC1CC(CNC(=O)OCC2c3ccccc3-c3ccccc32)C1)NC(C(=O)O)C1CC1. The van der Waals surface area contributed by atoms with Gasteiger partial charge in [-0.25, -0.2) is 9.59 Å². The third-order valence-electron chi connectivity index (χ3n) is 7.36. The number of carbonyl (C=O) groups excluding carboxylic acids is 2. The summed E-state index contributed by atoms with van der Waals surface area (Å²) in [7, 11) is 0. The Morgan fingerprint density at radius 2 is 1.56 bits per heavy atom. The van der Waals surface area contributed by atoms with E-state index >= 15 is 0 Å². The third kappa shape index (κ3) is 4.79. The highest BCUT2D eigenvalue weighted by molar-refractivity contribution is 5.84. The Hall–Kier alpha value is -3.35. The van der Waals surface area contributed by atoms with Gasteiger partial charge < -0.3 is 20.5 Å². The maximum absolute atomic E-state index is 12.3. The molecule has 0 bridgehead atoms. The van der Waals surface area contributed by atoms with Crippen LogP contribution in [0, 0.1) is 17.8 Å². The van der Waals surface area contributed by atoms with E-state index in [-0.39, 0.29) is 23.7 Å². The molecule has 2 fully saturated rings. The van der Waals surface area contributed by atoms with Gasteiger partial charge in [0.1, 0.15) is 12.6 Å². The number of rotatable bonds is 9. The molecule has 2 amide bonds. The van der Waals surface area contributed by atoms with Crippen LogP contribution in [0.15, 0.2) is 48.5 Å². The quantitative estimate of drug-likeness (QED) is 0.524. The molecule has 7 heteroatoms. The molecule has 2 aromatic rings. The molecule has 3 N–H and O–H groups in total. The summed E-state index contributed by atoms with van der Waals surface area (Å²) in [6, 6.07) is 15.7. The van der Waals surface area contributed by atoms with E-state index in [2.05, 4.69) is 34.9 Å². The Balaban J connectivity index is 1.03. The van der Waals surface area contributed by atoms with Gasteiger partial charge in [-0.05, 0) is 65.7 Å². The maximum atomic E-state index is 12.3. The first-order valence-electron chi connectivity index (χ1n) is 12.1. The number of carboxylic acids is 1. The first kappa shape index (κ1) is 22.4. The number of hydrogen-bond acceptors (Lipinski definition) is 4. The molecule has 3 aliphatic carbocycles. The summed E-state index contributed by atoms with van der Waals surface area (Å²) >= 11 is 0. The van der Waals surface area contributed by atoms with Crippen molar-refractivity contribution < 1.29 is 24.2 Å². The minimum atomic E-state index is -0.949. The molecule has 0 aliphatic heterocycles. The maximum Gasteiger partial charge on any atom is 0.407 e. The highest BCUT2D eigenvalue weighted by Crippen LogP contribution is 2.44. The molecule has 1 atom stereocenters. The van der Waals surface area contributed by atoms with E-state index in [0.717, 1.165) is 25.7 Å². The summed E-state index contributed by atoms with van der Waals surface area (Å²) in [6.45, 7) is 0.813. The van der Waals surface area contributed by atoms with Crippen LogP contribution >= 0.6 is 0 Å². The van der Waals surface area contributed by atoms with Crippen LogP contribution in [0.25, 0.3) is 11.1 Å². The van der Waals surface area contributed by atoms with Crippen LogP contribution < -0.4 is 10.6 Å². The molecule has 5 rings (SSSR count). The molecule has 0 aromatic heterocycles. The molecule has 3 aliphatic rings. The molecular weight excluding hydrogens is 432 g/mol. The van der Waals surface area contributed by atoms with E-state index in [1.165, 1.54) is 22.3 Å². The Morgan fingerprint density at radius 1 is 0.941 bits per heavy atom. The standard InChI is InChI=1S/C27H30N2O5/c30-24(29-25(26(31)32)18-9-10-18)13-16-11-17(12-16)14-28-27(33)34-15-23-21-7-3-1-5-19(21)20-6-2-4-8-22(20)23/h1-8,16-18,23,25H,9-15H2,(H,28,33)(H,29,30)(H,31,32). The average molecular weight is 463 g/mol. The lowest BCUT2D eigenvalue weighted by atomic mass is 9.73. The summed E-state index contributed by atoms with van der Waals surface area (Å²) in [4.78, 5) is 35.8. The topological polar surface area (TPSA) is 105 Å². The highest BCUT2D eigenvalue weighted by Gasteiger charge is 2.38. The van der Waals surface area contributed by atoms with Crippen LogP contribution in [0.3, 0.4) is 0 Å². The molecule has 0 heterocycles. The van der Waals surface area contributed by atoms with Crippen LogP contribution in [0.4, 0.5) is 4.79 Å². The van der Waals surface area contributed by atoms with Gasteiger partial charge >= 0.3 is 12.1 Å². The van der Waals surface area contributed by atoms with E-state index in [0.29, 0.717) is 25.5 Å². The van der Waals surface area contributed by atoms with Crippen LogP contribution in [-0.4, -0.2) is 42.3 Å². The lowest BCUT2D eigenvalue weighted by molar-refractivity contribution is -0.142. The van der Waals surface area contributed by atoms with Crippen LogP contribution in [0.1, 0.15) is 49.1 Å². The first-order valence-corrected chi connectivity index (χ1v) is 12.1. The number of carbonyl (C=O) groups is 3. The lowest BCUT2D eigenvalue weighted by Gasteiger charge is -2.35. The molecule has 0 radical (unpaired) electrons. The second-order valence-corrected chi connectivity index (χ2v) is 9.83. The number of hydrogen-bond donors (Lipinski definition) is 3. The van der Waals surface area contributed by atoms with Crippen LogP contribution in [0.2, 0.25) is 0 Å². The Kier molecular flexibility index (Phi) is 6.26. The number of amides is 2. The van der Waals surface area contributed by atoms with E-state index in [4.69, 9.17) is 4.74 Å². The zero-order chi connectivity index (χ0) is 23.7. The van der Waals surface area contributed by atoms with Gasteiger partial charge in [-0.1, -0.05) is 48.5 Å². The van der Waals surface area contributed by atoms with E-state index in [9.17, 15) is 19.5 Å². The smallest absolute Gasteiger partial charge is 0.407 e. The monoisotopic (exact) mass is 462 g/mol. The molecular formula is C27H30N2O5. The van der Waals surface area contributed by atoms with Gasteiger partial charge in [0.15, 0.2) is 0 Å². The van der Waals surface area contributed by atoms with Gasteiger partial charge in [-0.3, -0.25) is 4.79 Å². The number of nitrogens with one attached hydrogen (secondary N) is 2. The Labute approximate surface area is 198 Å². The molecule has 1 unspecified atom stereocenters. The van der Waals surface area contributed by atoms with Crippen LogP contribution in [0.5, 0.6) is 0 Å². The molecule has 2 saturated carbocycles. The van der Waals surface area contributed by atoms with Crippen molar-refractivity contribution in [1.82, 2.24) is 10.6 Å². The van der Waals surface area contributed by atoms with E-state index < -0.39 is 18.1 Å². The number of ether oxygens (including phenoxy) is 1. The van der Waals surface area contributed by atoms with Gasteiger partial charge in [0.2, 0.25) is 5.91 Å². The fraction of sp³-hybridized carbons (Fsp3) is 0.444. The number of carboxylic acid groups (broad SMARTS) is 1. The summed E-state index contributed by atoms with van der Waals surface area (Å²) in [6.07, 6.45) is 3.35. The number of fused-ring (bicyclic) bond motifs is 3. The zero-order valence-electron chi connectivity index (χ0n) is 19.0. The van der Waals surface area contributed by atoms with Gasteiger partial charge in [0.25, 0.3) is 0 Å². The third-order valence-corrected chi connectivity index (χ3v) is 7.36. The molecule has 0 saturated heterocycles. The van der Waals surface area contributed by atoms with Crippen molar-refractivity contribution in [1.29, 1.82) is 0 Å². The van der Waals surface area contributed by atoms with Crippen molar-refractivity contribution in [3.8, 4) is 11.1 Å². The predicted molar refractivity (Wildman–Crippen MR) is 126 cm³/mol. The predicted octanol–water partition coefficient (Wildman–Crippen LogP) is 3.92. The lowest BCUT2D eigenvalue weighted by Crippen LogP contribution is -2.44. The zero-order valence-corrected chi connectivity index (χ0v) is 19.0.